The van der Waals surface area contributed by atoms with Gasteiger partial charge in [0.1, 0.15) is 0 Å². The minimum absolute atomic E-state index is 0.194. The molecule has 0 radical (unpaired) electrons. The number of carbonyl (C=O) groups is 1. The Balaban J connectivity index is 1.80. The van der Waals surface area contributed by atoms with Crippen molar-refractivity contribution in [2.45, 2.75) is 12.3 Å². The molecule has 0 saturated heterocycles. The number of hydrogen-bond donors (Lipinski definition) is 2. The van der Waals surface area contributed by atoms with E-state index in [2.05, 4.69) is 22.8 Å². The summed E-state index contributed by atoms with van der Waals surface area (Å²) in [7, 11) is 1.88. The van der Waals surface area contributed by atoms with E-state index in [1.54, 1.807) is 0 Å². The van der Waals surface area contributed by atoms with Gasteiger partial charge in [0.2, 0.25) is 5.91 Å². The van der Waals surface area contributed by atoms with E-state index in [-0.39, 0.29) is 11.8 Å². The van der Waals surface area contributed by atoms with Crippen molar-refractivity contribution in [3.63, 3.8) is 0 Å². The third kappa shape index (κ3) is 2.61. The van der Waals surface area contributed by atoms with E-state index in [0.29, 0.717) is 12.5 Å². The summed E-state index contributed by atoms with van der Waals surface area (Å²) in [6, 6.07) is 10.3. The standard InChI is InChI=1S/C13H18N2O/c1-14-7-8-15-13(16)12-9-11(12)10-5-3-2-4-6-10/h2-6,11-12,14H,7-9H2,1H3,(H,15,16). The molecule has 0 aromatic heterocycles. The maximum absolute atomic E-state index is 11.7. The molecule has 3 heteroatoms. The van der Waals surface area contributed by atoms with Crippen molar-refractivity contribution >= 4 is 5.91 Å². The van der Waals surface area contributed by atoms with Gasteiger partial charge in [-0.05, 0) is 24.9 Å². The highest BCUT2D eigenvalue weighted by Gasteiger charge is 2.43. The second-order valence-corrected chi connectivity index (χ2v) is 4.25. The fraction of sp³-hybridized carbons (Fsp3) is 0.462. The summed E-state index contributed by atoms with van der Waals surface area (Å²) in [5.74, 6) is 0.833. The molecule has 0 heterocycles. The highest BCUT2D eigenvalue weighted by Crippen LogP contribution is 2.47. The summed E-state index contributed by atoms with van der Waals surface area (Å²) >= 11 is 0. The first-order chi connectivity index (χ1) is 7.83. The van der Waals surface area contributed by atoms with Crippen LogP contribution in [0.25, 0.3) is 0 Å². The van der Waals surface area contributed by atoms with Gasteiger partial charge in [-0.2, -0.15) is 0 Å². The number of likely N-dealkylation sites (N-methyl/N-ethyl adjacent to an activating group) is 1. The lowest BCUT2D eigenvalue weighted by molar-refractivity contribution is -0.122. The molecule has 0 spiro atoms. The summed E-state index contributed by atoms with van der Waals surface area (Å²) in [6.07, 6.45) is 0.995. The lowest BCUT2D eigenvalue weighted by Crippen LogP contribution is -2.31. The van der Waals surface area contributed by atoms with Crippen molar-refractivity contribution in [2.24, 2.45) is 5.92 Å². The predicted octanol–water partition coefficient (Wildman–Crippen LogP) is 1.13. The van der Waals surface area contributed by atoms with E-state index in [0.717, 1.165) is 13.0 Å². The van der Waals surface area contributed by atoms with Crippen LogP contribution in [0.1, 0.15) is 17.9 Å². The Hall–Kier alpha value is -1.35. The minimum atomic E-state index is 0.194. The summed E-state index contributed by atoms with van der Waals surface area (Å²) < 4.78 is 0. The van der Waals surface area contributed by atoms with Crippen LogP contribution in [0, 0.1) is 5.92 Å². The Labute approximate surface area is 96.2 Å². The Kier molecular flexibility index (Phi) is 3.57. The first kappa shape index (κ1) is 11.1. The zero-order valence-corrected chi connectivity index (χ0v) is 9.57. The van der Waals surface area contributed by atoms with Crippen LogP contribution < -0.4 is 10.6 Å². The van der Waals surface area contributed by atoms with E-state index in [1.165, 1.54) is 5.56 Å². The summed E-state index contributed by atoms with van der Waals surface area (Å²) in [5, 5.41) is 5.95. The molecule has 86 valence electrons. The van der Waals surface area contributed by atoms with Gasteiger partial charge in [-0.3, -0.25) is 4.79 Å². The molecule has 3 nitrogen and oxygen atoms in total. The zero-order valence-electron chi connectivity index (χ0n) is 9.57. The molecule has 2 rings (SSSR count). The fourth-order valence-electron chi connectivity index (χ4n) is 2.00. The third-order valence-corrected chi connectivity index (χ3v) is 3.03. The van der Waals surface area contributed by atoms with Crippen LogP contribution in [-0.2, 0) is 4.79 Å². The van der Waals surface area contributed by atoms with Crippen LogP contribution in [0.5, 0.6) is 0 Å². The molecule has 1 aromatic rings. The molecular formula is C13H18N2O. The van der Waals surface area contributed by atoms with E-state index in [1.807, 2.05) is 25.2 Å². The molecule has 1 aromatic carbocycles. The first-order valence-corrected chi connectivity index (χ1v) is 5.80. The second kappa shape index (κ2) is 5.12. The van der Waals surface area contributed by atoms with Crippen LogP contribution >= 0.6 is 0 Å². The highest BCUT2D eigenvalue weighted by molar-refractivity contribution is 5.82. The highest BCUT2D eigenvalue weighted by atomic mass is 16.2. The molecule has 16 heavy (non-hydrogen) atoms. The molecule has 1 fully saturated rings. The molecule has 1 amide bonds. The molecular weight excluding hydrogens is 200 g/mol. The van der Waals surface area contributed by atoms with Crippen LogP contribution in [0.2, 0.25) is 0 Å². The Morgan fingerprint density at radius 1 is 1.31 bits per heavy atom. The average molecular weight is 218 g/mol. The van der Waals surface area contributed by atoms with Gasteiger partial charge in [0.25, 0.3) is 0 Å². The van der Waals surface area contributed by atoms with Crippen LogP contribution in [0.4, 0.5) is 0 Å². The van der Waals surface area contributed by atoms with Crippen molar-refractivity contribution in [2.75, 3.05) is 20.1 Å². The van der Waals surface area contributed by atoms with Gasteiger partial charge in [-0.25, -0.2) is 0 Å². The van der Waals surface area contributed by atoms with Crippen LogP contribution in [-0.4, -0.2) is 26.0 Å². The molecule has 1 saturated carbocycles. The van der Waals surface area contributed by atoms with Gasteiger partial charge in [-0.15, -0.1) is 0 Å². The molecule has 2 atom stereocenters. The normalized spacial score (nSPS) is 22.8. The van der Waals surface area contributed by atoms with E-state index < -0.39 is 0 Å². The number of carbonyl (C=O) groups excluding carboxylic acids is 1. The zero-order chi connectivity index (χ0) is 11.4. The molecule has 2 N–H and O–H groups in total. The van der Waals surface area contributed by atoms with Crippen molar-refractivity contribution < 1.29 is 4.79 Å². The molecule has 0 aliphatic heterocycles. The van der Waals surface area contributed by atoms with Crippen molar-refractivity contribution in [3.05, 3.63) is 35.9 Å². The average Bonchev–Trinajstić information content (AvgIpc) is 3.10. The number of amides is 1. The van der Waals surface area contributed by atoms with E-state index in [9.17, 15) is 4.79 Å². The largest absolute Gasteiger partial charge is 0.355 e. The Morgan fingerprint density at radius 2 is 2.06 bits per heavy atom. The third-order valence-electron chi connectivity index (χ3n) is 3.03. The second-order valence-electron chi connectivity index (χ2n) is 4.25. The van der Waals surface area contributed by atoms with Gasteiger partial charge in [0.05, 0.1) is 0 Å². The SMILES string of the molecule is CNCCNC(=O)C1CC1c1ccccc1. The topological polar surface area (TPSA) is 41.1 Å². The number of benzene rings is 1. The first-order valence-electron chi connectivity index (χ1n) is 5.80. The van der Waals surface area contributed by atoms with Crippen LogP contribution in [0.3, 0.4) is 0 Å². The van der Waals surface area contributed by atoms with Gasteiger partial charge in [0, 0.05) is 19.0 Å². The van der Waals surface area contributed by atoms with E-state index in [4.69, 9.17) is 0 Å². The van der Waals surface area contributed by atoms with Crippen molar-refractivity contribution in [1.82, 2.24) is 10.6 Å². The van der Waals surface area contributed by atoms with Crippen LogP contribution in [0.15, 0.2) is 30.3 Å². The predicted molar refractivity (Wildman–Crippen MR) is 64.2 cm³/mol. The fourth-order valence-corrected chi connectivity index (χ4v) is 2.00. The van der Waals surface area contributed by atoms with Crippen molar-refractivity contribution in [1.29, 1.82) is 0 Å². The monoisotopic (exact) mass is 218 g/mol. The van der Waals surface area contributed by atoms with Gasteiger partial charge < -0.3 is 10.6 Å². The lowest BCUT2D eigenvalue weighted by atomic mass is 10.1. The Bertz CT molecular complexity index is 350. The maximum Gasteiger partial charge on any atom is 0.223 e. The summed E-state index contributed by atoms with van der Waals surface area (Å²) in [4.78, 5) is 11.7. The maximum atomic E-state index is 11.7. The number of nitrogens with one attached hydrogen (secondary N) is 2. The van der Waals surface area contributed by atoms with Gasteiger partial charge in [-0.1, -0.05) is 30.3 Å². The molecule has 0 bridgehead atoms. The van der Waals surface area contributed by atoms with Gasteiger partial charge >= 0.3 is 0 Å². The molecule has 1 aliphatic rings. The number of hydrogen-bond acceptors (Lipinski definition) is 2. The molecule has 2 unspecified atom stereocenters. The number of rotatable bonds is 5. The molecule has 1 aliphatic carbocycles. The van der Waals surface area contributed by atoms with Gasteiger partial charge in [0.15, 0.2) is 0 Å². The lowest BCUT2D eigenvalue weighted by Gasteiger charge is -2.04. The smallest absolute Gasteiger partial charge is 0.223 e. The quantitative estimate of drug-likeness (QED) is 0.727. The summed E-state index contributed by atoms with van der Waals surface area (Å²) in [6.45, 7) is 1.54. The Morgan fingerprint density at radius 3 is 2.75 bits per heavy atom. The summed E-state index contributed by atoms with van der Waals surface area (Å²) in [5.41, 5.74) is 1.29. The van der Waals surface area contributed by atoms with Crippen molar-refractivity contribution in [3.8, 4) is 0 Å². The van der Waals surface area contributed by atoms with E-state index >= 15 is 0 Å². The minimum Gasteiger partial charge on any atom is -0.355 e.